The molecule has 8 nitrogen and oxygen atoms in total. The fraction of sp³-hybridized carbons (Fsp3) is 0.125. The van der Waals surface area contributed by atoms with Gasteiger partial charge in [-0.1, -0.05) is 77.9 Å². The number of para-hydroxylation sites is 2. The Bertz CT molecular complexity index is 2160. The maximum atomic E-state index is 14.4. The molecule has 1 N–H and O–H groups in total. The van der Waals surface area contributed by atoms with Gasteiger partial charge in [-0.25, -0.2) is 26.8 Å². The molecular formula is C32H28N4O4S2. The summed E-state index contributed by atoms with van der Waals surface area (Å²) in [7, 11) is -8.51. The summed E-state index contributed by atoms with van der Waals surface area (Å²) in [5.41, 5.74) is 3.98. The number of aromatic nitrogens is 3. The predicted molar refractivity (Wildman–Crippen MR) is 164 cm³/mol. The first kappa shape index (κ1) is 27.6. The van der Waals surface area contributed by atoms with Crippen LogP contribution in [0.5, 0.6) is 0 Å². The van der Waals surface area contributed by atoms with Gasteiger partial charge in [0.2, 0.25) is 9.84 Å². The Labute approximate surface area is 244 Å². The first-order valence-electron chi connectivity index (χ1n) is 13.3. The van der Waals surface area contributed by atoms with E-state index in [-0.39, 0.29) is 31.7 Å². The number of sulfone groups is 1. The van der Waals surface area contributed by atoms with Crippen LogP contribution in [0.2, 0.25) is 0 Å². The molecular weight excluding hydrogens is 569 g/mol. The van der Waals surface area contributed by atoms with Crippen molar-refractivity contribution >= 4 is 47.9 Å². The van der Waals surface area contributed by atoms with E-state index in [2.05, 4.69) is 4.72 Å². The van der Waals surface area contributed by atoms with Crippen molar-refractivity contribution < 1.29 is 16.8 Å². The smallest absolute Gasteiger partial charge is 0.263 e. The molecule has 6 aromatic rings. The molecule has 0 aliphatic rings. The summed E-state index contributed by atoms with van der Waals surface area (Å²) in [5, 5.41) is 0. The van der Waals surface area contributed by atoms with Gasteiger partial charge in [-0.2, -0.15) is 0 Å². The number of fused-ring (bicyclic) bond motifs is 2. The zero-order chi connectivity index (χ0) is 29.6. The van der Waals surface area contributed by atoms with E-state index in [4.69, 9.17) is 9.97 Å². The molecule has 2 aromatic heterocycles. The predicted octanol–water partition coefficient (Wildman–Crippen LogP) is 6.44. The second kappa shape index (κ2) is 10.4. The van der Waals surface area contributed by atoms with E-state index in [1.807, 2.05) is 57.2 Å². The van der Waals surface area contributed by atoms with Gasteiger partial charge in [0.25, 0.3) is 10.0 Å². The van der Waals surface area contributed by atoms with Crippen molar-refractivity contribution in [3.05, 3.63) is 120 Å². The summed E-state index contributed by atoms with van der Waals surface area (Å²) in [5.74, 6) is -0.127. The maximum absolute atomic E-state index is 14.4. The van der Waals surface area contributed by atoms with Crippen molar-refractivity contribution in [1.29, 1.82) is 0 Å². The zero-order valence-electron chi connectivity index (χ0n) is 23.2. The normalized spacial score (nSPS) is 12.9. The summed E-state index contributed by atoms with van der Waals surface area (Å²) in [4.78, 5) is 9.37. The number of aryl methyl sites for hydroxylation is 2. The summed E-state index contributed by atoms with van der Waals surface area (Å²) in [6.07, 6.45) is 0. The molecule has 42 heavy (non-hydrogen) atoms. The van der Waals surface area contributed by atoms with Crippen LogP contribution in [0.15, 0.2) is 118 Å². The number of hydrogen-bond donors (Lipinski definition) is 1. The highest BCUT2D eigenvalue weighted by molar-refractivity contribution is 7.93. The van der Waals surface area contributed by atoms with Crippen LogP contribution < -0.4 is 4.72 Å². The third kappa shape index (κ3) is 4.82. The summed E-state index contributed by atoms with van der Waals surface area (Å²) >= 11 is 0. The number of rotatable bonds is 7. The van der Waals surface area contributed by atoms with E-state index in [0.717, 1.165) is 16.7 Å². The molecule has 2 heterocycles. The monoisotopic (exact) mass is 596 g/mol. The van der Waals surface area contributed by atoms with Crippen LogP contribution in [0.25, 0.3) is 22.2 Å². The van der Waals surface area contributed by atoms with Gasteiger partial charge in [-0.3, -0.25) is 4.72 Å². The molecule has 6 rings (SSSR count). The number of nitrogens with one attached hydrogen (secondary N) is 1. The third-order valence-electron chi connectivity index (χ3n) is 7.28. The molecule has 0 bridgehead atoms. The summed E-state index contributed by atoms with van der Waals surface area (Å²) < 4.78 is 60.8. The number of hydrogen-bond acceptors (Lipinski definition) is 6. The molecule has 10 heteroatoms. The van der Waals surface area contributed by atoms with Crippen LogP contribution in [0, 0.1) is 13.8 Å². The van der Waals surface area contributed by atoms with Crippen LogP contribution in [0.1, 0.15) is 29.7 Å². The van der Waals surface area contributed by atoms with Crippen LogP contribution >= 0.6 is 0 Å². The van der Waals surface area contributed by atoms with E-state index in [0.29, 0.717) is 11.0 Å². The minimum Gasteiger partial charge on any atom is -0.302 e. The van der Waals surface area contributed by atoms with Gasteiger partial charge in [0, 0.05) is 0 Å². The minimum absolute atomic E-state index is 0.00188. The molecule has 0 aliphatic carbocycles. The van der Waals surface area contributed by atoms with E-state index < -0.39 is 25.9 Å². The molecule has 0 saturated heterocycles. The first-order chi connectivity index (χ1) is 20.1. The van der Waals surface area contributed by atoms with Gasteiger partial charge in [0.1, 0.15) is 16.2 Å². The van der Waals surface area contributed by atoms with Gasteiger partial charge < -0.3 is 4.57 Å². The average molecular weight is 597 g/mol. The quantitative estimate of drug-likeness (QED) is 0.227. The SMILES string of the molecule is Cc1ccc(S(=O)(=O)Nc2c(S(=O)(=O)c3ccc(C)cc3)c3nc4ccccc4nc3n2[C@H](C)c2ccccc2)cc1. The lowest BCUT2D eigenvalue weighted by molar-refractivity contribution is 0.595. The number of sulfonamides is 1. The summed E-state index contributed by atoms with van der Waals surface area (Å²) in [6, 6.07) is 28.9. The Hall–Kier alpha value is -4.54. The lowest BCUT2D eigenvalue weighted by Gasteiger charge is -2.20. The van der Waals surface area contributed by atoms with Gasteiger partial charge in [0.15, 0.2) is 5.65 Å². The van der Waals surface area contributed by atoms with Crippen molar-refractivity contribution in [2.75, 3.05) is 4.72 Å². The molecule has 0 amide bonds. The van der Waals surface area contributed by atoms with E-state index in [1.165, 1.54) is 24.3 Å². The maximum Gasteiger partial charge on any atom is 0.263 e. The molecule has 0 spiro atoms. The van der Waals surface area contributed by atoms with Crippen LogP contribution in [-0.4, -0.2) is 31.4 Å². The highest BCUT2D eigenvalue weighted by Gasteiger charge is 2.35. The molecule has 4 aromatic carbocycles. The summed E-state index contributed by atoms with van der Waals surface area (Å²) in [6.45, 7) is 5.59. The fourth-order valence-electron chi connectivity index (χ4n) is 4.99. The molecule has 0 unspecified atom stereocenters. The van der Waals surface area contributed by atoms with Crippen molar-refractivity contribution in [1.82, 2.24) is 14.5 Å². The van der Waals surface area contributed by atoms with Crippen molar-refractivity contribution in [2.24, 2.45) is 0 Å². The molecule has 0 saturated carbocycles. The molecule has 0 radical (unpaired) electrons. The highest BCUT2D eigenvalue weighted by Crippen LogP contribution is 2.41. The Morgan fingerprint density at radius 2 is 1.19 bits per heavy atom. The average Bonchev–Trinajstić information content (AvgIpc) is 3.28. The van der Waals surface area contributed by atoms with Gasteiger partial charge >= 0.3 is 0 Å². The Kier molecular flexibility index (Phi) is 6.83. The van der Waals surface area contributed by atoms with Crippen LogP contribution in [0.3, 0.4) is 0 Å². The van der Waals surface area contributed by atoms with Crippen LogP contribution in [0.4, 0.5) is 5.82 Å². The second-order valence-corrected chi connectivity index (χ2v) is 13.8. The Morgan fingerprint density at radius 3 is 1.79 bits per heavy atom. The third-order valence-corrected chi connectivity index (χ3v) is 10.5. The van der Waals surface area contributed by atoms with Crippen molar-refractivity contribution in [3.63, 3.8) is 0 Å². The van der Waals surface area contributed by atoms with E-state index in [1.54, 1.807) is 47.0 Å². The number of anilines is 1. The second-order valence-electron chi connectivity index (χ2n) is 10.3. The van der Waals surface area contributed by atoms with Gasteiger partial charge in [-0.05, 0) is 62.7 Å². The first-order valence-corrected chi connectivity index (χ1v) is 16.3. The lowest BCUT2D eigenvalue weighted by atomic mass is 10.1. The van der Waals surface area contributed by atoms with E-state index in [9.17, 15) is 16.8 Å². The molecule has 0 aliphatic heterocycles. The van der Waals surface area contributed by atoms with Crippen LogP contribution in [-0.2, 0) is 19.9 Å². The van der Waals surface area contributed by atoms with Crippen molar-refractivity contribution in [2.45, 2.75) is 41.5 Å². The van der Waals surface area contributed by atoms with E-state index >= 15 is 0 Å². The number of nitrogens with zero attached hydrogens (tertiary/aromatic N) is 3. The highest BCUT2D eigenvalue weighted by atomic mass is 32.2. The van der Waals surface area contributed by atoms with Crippen molar-refractivity contribution in [3.8, 4) is 0 Å². The fourth-order valence-corrected chi connectivity index (χ4v) is 7.64. The lowest BCUT2D eigenvalue weighted by Crippen LogP contribution is -2.20. The number of benzene rings is 4. The Balaban J connectivity index is 1.73. The largest absolute Gasteiger partial charge is 0.302 e. The molecule has 0 fully saturated rings. The standard InChI is InChI=1S/C32H28N4O4S2/c1-21-13-17-25(18-14-21)41(37,38)30-29-31(34-28-12-8-7-11-27(28)33-29)36(23(3)24-9-5-4-6-10-24)32(30)35-42(39,40)26-19-15-22(2)16-20-26/h4-20,23,35H,1-3H3/t23-/m1/s1. The van der Waals surface area contributed by atoms with Gasteiger partial charge in [0.05, 0.1) is 26.9 Å². The Morgan fingerprint density at radius 1 is 0.667 bits per heavy atom. The molecule has 212 valence electrons. The topological polar surface area (TPSA) is 111 Å². The zero-order valence-corrected chi connectivity index (χ0v) is 24.8. The minimum atomic E-state index is -4.29. The van der Waals surface area contributed by atoms with Gasteiger partial charge in [-0.15, -0.1) is 0 Å². The molecule has 1 atom stereocenters.